The second-order valence-corrected chi connectivity index (χ2v) is 3.62. The lowest BCUT2D eigenvalue weighted by molar-refractivity contribution is 1.29. The summed E-state index contributed by atoms with van der Waals surface area (Å²) in [7, 11) is 0. The Morgan fingerprint density at radius 2 is 1.92 bits per heavy atom. The molecule has 0 spiro atoms. The van der Waals surface area contributed by atoms with E-state index in [1.807, 2.05) is 32.9 Å². The predicted molar refractivity (Wildman–Crippen MR) is 60.3 cm³/mol. The van der Waals surface area contributed by atoms with E-state index in [1.165, 1.54) is 17.5 Å². The third kappa shape index (κ3) is 3.61. The minimum atomic E-state index is 1.10. The summed E-state index contributed by atoms with van der Waals surface area (Å²) in [5.74, 6) is 0. The van der Waals surface area contributed by atoms with Gasteiger partial charge in [-0.1, -0.05) is 29.8 Å². The smallest absolute Gasteiger partial charge is 0.0255 e. The summed E-state index contributed by atoms with van der Waals surface area (Å²) in [6, 6.07) is 6.04. The van der Waals surface area contributed by atoms with Gasteiger partial charge in [0.1, 0.15) is 0 Å². The van der Waals surface area contributed by atoms with Crippen molar-refractivity contribution in [3.63, 3.8) is 0 Å². The average Bonchev–Trinajstić information content (AvgIpc) is 2.08. The van der Waals surface area contributed by atoms with Crippen molar-refractivity contribution in [2.24, 2.45) is 5.14 Å². The van der Waals surface area contributed by atoms with Crippen molar-refractivity contribution >= 4 is 27.9 Å². The molecule has 1 aromatic carbocycles. The maximum Gasteiger partial charge on any atom is 0.0255 e. The van der Waals surface area contributed by atoms with Crippen molar-refractivity contribution in [1.29, 1.82) is 0 Å². The molecule has 12 heavy (non-hydrogen) atoms. The topological polar surface area (TPSA) is 26.0 Å². The Bertz CT molecular complexity index is 238. The number of hydrogen-bond donors (Lipinski definition) is 1. The Morgan fingerprint density at radius 1 is 1.33 bits per heavy atom. The molecule has 0 fully saturated rings. The fourth-order valence-corrected chi connectivity index (χ4v) is 1.61. The predicted octanol–water partition coefficient (Wildman–Crippen LogP) is 3.75. The summed E-state index contributed by atoms with van der Waals surface area (Å²) in [5, 5.41) is 5.40. The van der Waals surface area contributed by atoms with E-state index < -0.39 is 0 Å². The van der Waals surface area contributed by atoms with Gasteiger partial charge in [0.15, 0.2) is 0 Å². The van der Waals surface area contributed by atoms with Crippen LogP contribution in [0.15, 0.2) is 27.6 Å². The Hall–Kier alpha value is 0.01000. The first-order valence-corrected chi connectivity index (χ1v) is 5.54. The number of halogens is 1. The van der Waals surface area contributed by atoms with Crippen molar-refractivity contribution in [1.82, 2.24) is 0 Å². The second-order valence-electron chi connectivity index (χ2n) is 2.03. The molecule has 0 aliphatic carbocycles. The highest BCUT2D eigenvalue weighted by Gasteiger charge is 1.95. The van der Waals surface area contributed by atoms with E-state index in [2.05, 4.69) is 22.0 Å². The summed E-state index contributed by atoms with van der Waals surface area (Å²) in [6.45, 7) is 6.04. The normalized spacial score (nSPS) is 8.75. The third-order valence-corrected chi connectivity index (χ3v) is 2.47. The van der Waals surface area contributed by atoms with E-state index in [1.54, 1.807) is 0 Å². The molecule has 0 atom stereocenters. The van der Waals surface area contributed by atoms with Crippen LogP contribution < -0.4 is 5.14 Å². The van der Waals surface area contributed by atoms with Crippen LogP contribution in [-0.2, 0) is 0 Å². The highest BCUT2D eigenvalue weighted by molar-refractivity contribution is 9.10. The molecular formula is C9H14BrNS. The molecule has 1 aromatic rings. The van der Waals surface area contributed by atoms with Crippen LogP contribution in [-0.4, -0.2) is 0 Å². The molecule has 0 aromatic heterocycles. The number of benzene rings is 1. The molecule has 2 N–H and O–H groups in total. The molecule has 3 heteroatoms. The first-order chi connectivity index (χ1) is 5.74. The van der Waals surface area contributed by atoms with Crippen LogP contribution in [0.2, 0.25) is 0 Å². The summed E-state index contributed by atoms with van der Waals surface area (Å²) >= 11 is 4.66. The van der Waals surface area contributed by atoms with Gasteiger partial charge in [-0.15, -0.1) is 0 Å². The lowest BCUT2D eigenvalue weighted by atomic mass is 10.2. The van der Waals surface area contributed by atoms with Gasteiger partial charge in [-0.05, 0) is 42.6 Å². The van der Waals surface area contributed by atoms with Crippen molar-refractivity contribution in [2.45, 2.75) is 25.7 Å². The fourth-order valence-electron chi connectivity index (χ4n) is 0.745. The van der Waals surface area contributed by atoms with E-state index in [9.17, 15) is 0 Å². The highest BCUT2D eigenvalue weighted by Crippen LogP contribution is 2.21. The zero-order chi connectivity index (χ0) is 9.56. The zero-order valence-corrected chi connectivity index (χ0v) is 10.00. The van der Waals surface area contributed by atoms with E-state index in [0.29, 0.717) is 0 Å². The van der Waals surface area contributed by atoms with Gasteiger partial charge >= 0.3 is 0 Å². The van der Waals surface area contributed by atoms with E-state index in [-0.39, 0.29) is 0 Å². The number of nitrogens with two attached hydrogens (primary N) is 1. The molecule has 1 rings (SSSR count). The van der Waals surface area contributed by atoms with E-state index in [0.717, 1.165) is 9.37 Å². The van der Waals surface area contributed by atoms with Crippen LogP contribution in [0.4, 0.5) is 0 Å². The van der Waals surface area contributed by atoms with Gasteiger partial charge in [0.2, 0.25) is 0 Å². The number of aryl methyl sites for hydroxylation is 1. The number of hydrogen-bond acceptors (Lipinski definition) is 2. The molecule has 0 aliphatic rings. The summed E-state index contributed by atoms with van der Waals surface area (Å²) < 4.78 is 1.10. The standard InChI is InChI=1S/C7H8BrNS.C2H6/c1-5-4-6(8)2-3-7(5)10-9;1-2/h2-4H,9H2,1H3;1-2H3. The Balaban J connectivity index is 0.000000561. The summed E-state index contributed by atoms with van der Waals surface area (Å²) in [4.78, 5) is 1.13. The van der Waals surface area contributed by atoms with E-state index in [4.69, 9.17) is 5.14 Å². The molecule has 0 unspecified atom stereocenters. The molecule has 0 saturated heterocycles. The van der Waals surface area contributed by atoms with Gasteiger partial charge in [-0.25, -0.2) is 0 Å². The highest BCUT2D eigenvalue weighted by atomic mass is 79.9. The van der Waals surface area contributed by atoms with Gasteiger partial charge < -0.3 is 0 Å². The molecule has 1 nitrogen and oxygen atoms in total. The monoisotopic (exact) mass is 247 g/mol. The average molecular weight is 248 g/mol. The number of rotatable bonds is 1. The maximum absolute atomic E-state index is 5.40. The maximum atomic E-state index is 5.40. The summed E-state index contributed by atoms with van der Waals surface area (Å²) in [5.41, 5.74) is 1.21. The molecule has 0 radical (unpaired) electrons. The quantitative estimate of drug-likeness (QED) is 0.766. The Morgan fingerprint density at radius 3 is 2.33 bits per heavy atom. The van der Waals surface area contributed by atoms with Crippen molar-refractivity contribution in [3.8, 4) is 0 Å². The first kappa shape index (κ1) is 12.0. The van der Waals surface area contributed by atoms with Crippen molar-refractivity contribution in [2.75, 3.05) is 0 Å². The van der Waals surface area contributed by atoms with Crippen LogP contribution in [0.5, 0.6) is 0 Å². The van der Waals surface area contributed by atoms with Gasteiger partial charge in [0, 0.05) is 9.37 Å². The molecule has 0 heterocycles. The molecule has 68 valence electrons. The third-order valence-electron chi connectivity index (χ3n) is 1.26. The van der Waals surface area contributed by atoms with Gasteiger partial charge in [-0.2, -0.15) is 0 Å². The van der Waals surface area contributed by atoms with Crippen LogP contribution in [0.1, 0.15) is 19.4 Å². The van der Waals surface area contributed by atoms with Crippen LogP contribution in [0.25, 0.3) is 0 Å². The van der Waals surface area contributed by atoms with Crippen molar-refractivity contribution in [3.05, 3.63) is 28.2 Å². The Labute approximate surface area is 87.0 Å². The minimum absolute atomic E-state index is 1.10. The minimum Gasteiger partial charge on any atom is -0.274 e. The molecule has 0 bridgehead atoms. The van der Waals surface area contributed by atoms with E-state index >= 15 is 0 Å². The van der Waals surface area contributed by atoms with Crippen LogP contribution in [0, 0.1) is 6.92 Å². The first-order valence-electron chi connectivity index (χ1n) is 3.87. The lowest BCUT2D eigenvalue weighted by Crippen LogP contribution is -1.83. The summed E-state index contributed by atoms with van der Waals surface area (Å²) in [6.07, 6.45) is 0. The lowest BCUT2D eigenvalue weighted by Gasteiger charge is -2.00. The molecule has 0 amide bonds. The van der Waals surface area contributed by atoms with Gasteiger partial charge in [0.25, 0.3) is 0 Å². The largest absolute Gasteiger partial charge is 0.274 e. The molecular weight excluding hydrogens is 234 g/mol. The molecule has 0 aliphatic heterocycles. The second kappa shape index (κ2) is 6.52. The Kier molecular flexibility index (Phi) is 6.52. The zero-order valence-electron chi connectivity index (χ0n) is 7.60. The SMILES string of the molecule is CC.Cc1cc(Br)ccc1SN. The molecule has 0 saturated carbocycles. The van der Waals surface area contributed by atoms with Crippen LogP contribution in [0.3, 0.4) is 0 Å². The van der Waals surface area contributed by atoms with Gasteiger partial charge in [-0.3, -0.25) is 5.14 Å². The van der Waals surface area contributed by atoms with Gasteiger partial charge in [0.05, 0.1) is 0 Å². The van der Waals surface area contributed by atoms with Crippen molar-refractivity contribution < 1.29 is 0 Å². The van der Waals surface area contributed by atoms with Crippen LogP contribution >= 0.6 is 27.9 Å². The fraction of sp³-hybridized carbons (Fsp3) is 0.333.